The lowest BCUT2D eigenvalue weighted by Crippen LogP contribution is -2.32. The van der Waals surface area contributed by atoms with Gasteiger partial charge in [-0.15, -0.1) is 0 Å². The van der Waals surface area contributed by atoms with E-state index in [9.17, 15) is 4.79 Å². The summed E-state index contributed by atoms with van der Waals surface area (Å²) in [5, 5.41) is 9.66. The van der Waals surface area contributed by atoms with E-state index in [1.807, 2.05) is 6.92 Å². The van der Waals surface area contributed by atoms with Gasteiger partial charge >= 0.3 is 5.97 Å². The molecular weight excluding hydrogens is 248 g/mol. The number of nitrogens with zero attached hydrogens (tertiary/aromatic N) is 2. The van der Waals surface area contributed by atoms with E-state index in [4.69, 9.17) is 5.11 Å². The number of hydrogen-bond acceptors (Lipinski definition) is 4. The van der Waals surface area contributed by atoms with Crippen LogP contribution in [0.3, 0.4) is 0 Å². The summed E-state index contributed by atoms with van der Waals surface area (Å²) < 4.78 is 0. The van der Waals surface area contributed by atoms with Crippen molar-refractivity contribution in [3.8, 4) is 0 Å². The fourth-order valence-electron chi connectivity index (χ4n) is 2.03. The Labute approximate surface area is 111 Å². The summed E-state index contributed by atoms with van der Waals surface area (Å²) in [6.07, 6.45) is 5.21. The highest BCUT2D eigenvalue weighted by molar-refractivity contribution is 7.16. The maximum Gasteiger partial charge on any atom is 0.328 e. The molecule has 2 rings (SSSR count). The van der Waals surface area contributed by atoms with Crippen molar-refractivity contribution in [3.05, 3.63) is 16.6 Å². The Morgan fingerprint density at radius 1 is 1.50 bits per heavy atom. The molecule has 1 aromatic rings. The van der Waals surface area contributed by atoms with Crippen molar-refractivity contribution in [1.82, 2.24) is 4.98 Å². The number of aryl methyl sites for hydroxylation is 1. The first-order chi connectivity index (χ1) is 8.56. The second-order valence-electron chi connectivity index (χ2n) is 4.79. The molecule has 2 heterocycles. The van der Waals surface area contributed by atoms with Crippen molar-refractivity contribution in [3.63, 3.8) is 0 Å². The van der Waals surface area contributed by atoms with E-state index in [0.717, 1.165) is 34.7 Å². The molecule has 4 nitrogen and oxygen atoms in total. The van der Waals surface area contributed by atoms with Crippen LogP contribution >= 0.6 is 11.3 Å². The molecule has 1 fully saturated rings. The monoisotopic (exact) mass is 266 g/mol. The van der Waals surface area contributed by atoms with Gasteiger partial charge < -0.3 is 10.0 Å². The highest BCUT2D eigenvalue weighted by Gasteiger charge is 2.19. The molecular formula is C13H18N2O2S. The van der Waals surface area contributed by atoms with E-state index in [2.05, 4.69) is 16.8 Å². The van der Waals surface area contributed by atoms with Gasteiger partial charge in [-0.05, 0) is 31.8 Å². The second-order valence-corrected chi connectivity index (χ2v) is 5.80. The van der Waals surface area contributed by atoms with Crippen molar-refractivity contribution < 1.29 is 9.90 Å². The Hall–Kier alpha value is -1.36. The van der Waals surface area contributed by atoms with Gasteiger partial charge in [0, 0.05) is 19.2 Å². The van der Waals surface area contributed by atoms with Crippen molar-refractivity contribution >= 4 is 28.5 Å². The molecule has 0 bridgehead atoms. The van der Waals surface area contributed by atoms with Crippen molar-refractivity contribution in [1.29, 1.82) is 0 Å². The highest BCUT2D eigenvalue weighted by Crippen LogP contribution is 2.30. The van der Waals surface area contributed by atoms with Gasteiger partial charge in [0.15, 0.2) is 5.13 Å². The van der Waals surface area contributed by atoms with Crippen molar-refractivity contribution in [2.75, 3.05) is 18.0 Å². The van der Waals surface area contributed by atoms with Gasteiger partial charge in [0.1, 0.15) is 0 Å². The van der Waals surface area contributed by atoms with Gasteiger partial charge in [-0.2, -0.15) is 0 Å². The number of anilines is 1. The number of thiazole rings is 1. The largest absolute Gasteiger partial charge is 0.478 e. The summed E-state index contributed by atoms with van der Waals surface area (Å²) in [5.74, 6) is -0.121. The summed E-state index contributed by atoms with van der Waals surface area (Å²) in [6, 6.07) is 0. The number of aliphatic carboxylic acids is 1. The van der Waals surface area contributed by atoms with E-state index in [0.29, 0.717) is 0 Å². The minimum absolute atomic E-state index is 0.800. The van der Waals surface area contributed by atoms with E-state index in [1.54, 1.807) is 17.4 Å². The zero-order chi connectivity index (χ0) is 13.1. The standard InChI is InChI=1S/C13H18N2O2S/c1-9-5-7-15(8-6-9)13-14-10(2)11(18-13)3-4-12(16)17/h3-4,9H,5-8H2,1-2H3,(H,16,17)/b4-3+. The van der Waals surface area contributed by atoms with E-state index >= 15 is 0 Å². The number of rotatable bonds is 3. The lowest BCUT2D eigenvalue weighted by molar-refractivity contribution is -0.131. The maximum absolute atomic E-state index is 10.5. The third kappa shape index (κ3) is 3.10. The predicted molar refractivity (Wildman–Crippen MR) is 74.1 cm³/mol. The number of carbonyl (C=O) groups is 1. The summed E-state index contributed by atoms with van der Waals surface area (Å²) in [7, 11) is 0. The molecule has 0 saturated carbocycles. The first-order valence-corrected chi connectivity index (χ1v) is 7.01. The Balaban J connectivity index is 2.11. The van der Waals surface area contributed by atoms with Gasteiger partial charge in [-0.25, -0.2) is 9.78 Å². The molecule has 0 aliphatic carbocycles. The smallest absolute Gasteiger partial charge is 0.328 e. The zero-order valence-electron chi connectivity index (χ0n) is 10.7. The number of carboxylic acids is 1. The van der Waals surface area contributed by atoms with Crippen LogP contribution in [0.4, 0.5) is 5.13 Å². The average Bonchev–Trinajstić information content (AvgIpc) is 2.69. The summed E-state index contributed by atoms with van der Waals surface area (Å²) in [4.78, 5) is 18.3. The average molecular weight is 266 g/mol. The molecule has 18 heavy (non-hydrogen) atoms. The molecule has 1 aliphatic rings. The predicted octanol–water partition coefficient (Wildman–Crippen LogP) is 2.79. The number of aromatic nitrogens is 1. The number of carboxylic acid groups (broad SMARTS) is 1. The molecule has 1 aromatic heterocycles. The van der Waals surface area contributed by atoms with Crippen molar-refractivity contribution in [2.45, 2.75) is 26.7 Å². The van der Waals surface area contributed by atoms with E-state index < -0.39 is 5.97 Å². The zero-order valence-corrected chi connectivity index (χ0v) is 11.5. The fraction of sp³-hybridized carbons (Fsp3) is 0.538. The third-order valence-corrected chi connectivity index (χ3v) is 4.44. The van der Waals surface area contributed by atoms with Crippen LogP contribution in [0.2, 0.25) is 0 Å². The van der Waals surface area contributed by atoms with Crippen LogP contribution in [0.1, 0.15) is 30.3 Å². The van der Waals surface area contributed by atoms with Gasteiger partial charge in [-0.1, -0.05) is 18.3 Å². The summed E-state index contributed by atoms with van der Waals surface area (Å²) in [6.45, 7) is 6.31. The first kappa shape index (κ1) is 13.1. The molecule has 1 saturated heterocycles. The molecule has 1 N–H and O–H groups in total. The Morgan fingerprint density at radius 3 is 2.78 bits per heavy atom. The Morgan fingerprint density at radius 2 is 2.17 bits per heavy atom. The highest BCUT2D eigenvalue weighted by atomic mass is 32.1. The first-order valence-electron chi connectivity index (χ1n) is 6.19. The van der Waals surface area contributed by atoms with Gasteiger partial charge in [-0.3, -0.25) is 0 Å². The lowest BCUT2D eigenvalue weighted by atomic mass is 10.00. The molecule has 1 aliphatic heterocycles. The van der Waals surface area contributed by atoms with Crippen LogP contribution < -0.4 is 4.90 Å². The topological polar surface area (TPSA) is 53.4 Å². The van der Waals surface area contributed by atoms with Gasteiger partial charge in [0.2, 0.25) is 0 Å². The van der Waals surface area contributed by atoms with Crippen LogP contribution in [0, 0.1) is 12.8 Å². The maximum atomic E-state index is 10.5. The minimum atomic E-state index is -0.920. The molecule has 0 unspecified atom stereocenters. The molecule has 0 atom stereocenters. The van der Waals surface area contributed by atoms with Crippen LogP contribution in [-0.2, 0) is 4.79 Å². The number of hydrogen-bond donors (Lipinski definition) is 1. The summed E-state index contributed by atoms with van der Waals surface area (Å²) >= 11 is 1.57. The molecule has 0 amide bonds. The third-order valence-electron chi connectivity index (χ3n) is 3.25. The molecule has 5 heteroatoms. The second kappa shape index (κ2) is 5.52. The van der Waals surface area contributed by atoms with Crippen LogP contribution in [-0.4, -0.2) is 29.1 Å². The fourth-order valence-corrected chi connectivity index (χ4v) is 3.05. The van der Waals surface area contributed by atoms with Crippen molar-refractivity contribution in [2.24, 2.45) is 5.92 Å². The molecule has 98 valence electrons. The Bertz CT molecular complexity index is 460. The van der Waals surface area contributed by atoms with Crippen LogP contribution in [0.5, 0.6) is 0 Å². The molecule has 0 radical (unpaired) electrons. The van der Waals surface area contributed by atoms with E-state index in [1.165, 1.54) is 18.9 Å². The van der Waals surface area contributed by atoms with Gasteiger partial charge in [0.05, 0.1) is 10.6 Å². The van der Waals surface area contributed by atoms with Crippen LogP contribution in [0.25, 0.3) is 6.08 Å². The van der Waals surface area contributed by atoms with E-state index in [-0.39, 0.29) is 0 Å². The molecule has 0 spiro atoms. The Kier molecular flexibility index (Phi) is 4.01. The quantitative estimate of drug-likeness (QED) is 0.855. The van der Waals surface area contributed by atoms with Gasteiger partial charge in [0.25, 0.3) is 0 Å². The number of piperidine rings is 1. The lowest BCUT2D eigenvalue weighted by Gasteiger charge is -2.29. The minimum Gasteiger partial charge on any atom is -0.478 e. The normalized spacial score (nSPS) is 17.6. The summed E-state index contributed by atoms with van der Waals surface area (Å²) in [5.41, 5.74) is 0.908. The van der Waals surface area contributed by atoms with Crippen LogP contribution in [0.15, 0.2) is 6.08 Å². The molecule has 0 aromatic carbocycles. The SMILES string of the molecule is Cc1nc(N2CCC(C)CC2)sc1/C=C/C(=O)O.